The Morgan fingerprint density at radius 3 is 2.41 bits per heavy atom. The first kappa shape index (κ1) is 13.9. The largest absolute Gasteiger partial charge is 0.497 e. The quantitative estimate of drug-likeness (QED) is 0.683. The average Bonchev–Trinajstić information content (AvgIpc) is 2.97. The summed E-state index contributed by atoms with van der Waals surface area (Å²) < 4.78 is 10.3. The molecule has 0 N–H and O–H groups in total. The van der Waals surface area contributed by atoms with Crippen LogP contribution in [0.15, 0.2) is 42.5 Å². The molecule has 7 nitrogen and oxygen atoms in total. The van der Waals surface area contributed by atoms with E-state index in [1.807, 2.05) is 12.1 Å². The van der Waals surface area contributed by atoms with E-state index in [1.165, 1.54) is 14.2 Å². The number of rotatable bonds is 4. The molecule has 0 amide bonds. The van der Waals surface area contributed by atoms with E-state index in [0.717, 1.165) is 4.85 Å². The van der Waals surface area contributed by atoms with Gasteiger partial charge in [-0.05, 0) is 29.5 Å². The minimum absolute atomic E-state index is 0.288. The topological polar surface area (TPSA) is 75.5 Å². The summed E-state index contributed by atoms with van der Waals surface area (Å²) in [5.41, 5.74) is 1.53. The summed E-state index contributed by atoms with van der Waals surface area (Å²) in [4.78, 5) is 18.6. The lowest BCUT2D eigenvalue weighted by Crippen LogP contribution is -2.21. The molecule has 0 unspecified atom stereocenters. The van der Waals surface area contributed by atoms with Crippen molar-refractivity contribution >= 4 is 17.0 Å². The second-order valence-corrected chi connectivity index (χ2v) is 4.43. The third-order valence-electron chi connectivity index (χ3n) is 3.08. The molecule has 0 saturated carbocycles. The minimum atomic E-state index is -0.590. The first-order valence-electron chi connectivity index (χ1n) is 6.47. The Kier molecular flexibility index (Phi) is 3.61. The molecule has 2 aromatic carbocycles. The van der Waals surface area contributed by atoms with Gasteiger partial charge in [0.05, 0.1) is 19.8 Å². The van der Waals surface area contributed by atoms with Gasteiger partial charge in [0.25, 0.3) is 0 Å². The van der Waals surface area contributed by atoms with Crippen LogP contribution in [0.3, 0.4) is 0 Å². The Labute approximate surface area is 126 Å². The van der Waals surface area contributed by atoms with Gasteiger partial charge in [0.2, 0.25) is 0 Å². The van der Waals surface area contributed by atoms with Crippen molar-refractivity contribution in [3.8, 4) is 11.5 Å². The lowest BCUT2D eigenvalue weighted by molar-refractivity contribution is 0.0408. The second-order valence-electron chi connectivity index (χ2n) is 4.43. The van der Waals surface area contributed by atoms with Gasteiger partial charge in [-0.15, -0.1) is 5.10 Å². The van der Waals surface area contributed by atoms with E-state index in [1.54, 1.807) is 30.3 Å². The highest BCUT2D eigenvalue weighted by molar-refractivity contribution is 5.91. The molecule has 7 heteroatoms. The van der Waals surface area contributed by atoms with Crippen molar-refractivity contribution in [2.24, 2.45) is 0 Å². The second kappa shape index (κ2) is 5.72. The van der Waals surface area contributed by atoms with Crippen molar-refractivity contribution < 1.29 is 19.1 Å². The zero-order valence-electron chi connectivity index (χ0n) is 12.0. The van der Waals surface area contributed by atoms with Gasteiger partial charge in [-0.2, -0.15) is 0 Å². The van der Waals surface area contributed by atoms with Crippen LogP contribution in [0.2, 0.25) is 0 Å². The van der Waals surface area contributed by atoms with Gasteiger partial charge in [-0.3, -0.25) is 0 Å². The molecule has 0 spiro atoms. The molecule has 0 aliphatic carbocycles. The van der Waals surface area contributed by atoms with Gasteiger partial charge in [-0.25, -0.2) is 4.79 Å². The predicted octanol–water partition coefficient (Wildman–Crippen LogP) is 1.72. The molecule has 0 saturated heterocycles. The van der Waals surface area contributed by atoms with E-state index in [4.69, 9.17) is 14.3 Å². The van der Waals surface area contributed by atoms with Crippen molar-refractivity contribution in [2.75, 3.05) is 14.2 Å². The lowest BCUT2D eigenvalue weighted by Gasteiger charge is -2.08. The molecule has 112 valence electrons. The van der Waals surface area contributed by atoms with Crippen LogP contribution in [0.25, 0.3) is 11.0 Å². The molecule has 0 fully saturated rings. The van der Waals surface area contributed by atoms with Crippen LogP contribution in [-0.4, -0.2) is 35.3 Å². The Bertz CT molecular complexity index is 806. The van der Waals surface area contributed by atoms with Crippen LogP contribution in [0.1, 0.15) is 10.4 Å². The summed E-state index contributed by atoms with van der Waals surface area (Å²) in [7, 11) is 3.02. The van der Waals surface area contributed by atoms with Crippen LogP contribution >= 0.6 is 0 Å². The van der Waals surface area contributed by atoms with Crippen molar-refractivity contribution in [2.45, 2.75) is 0 Å². The summed E-state index contributed by atoms with van der Waals surface area (Å²) in [6, 6.07) is 12.0. The smallest absolute Gasteiger partial charge is 0.366 e. The summed E-state index contributed by atoms with van der Waals surface area (Å²) in [5, 5.41) is 7.73. The highest BCUT2D eigenvalue weighted by Crippen LogP contribution is 2.22. The molecule has 1 heterocycles. The number of ether oxygens (including phenoxy) is 2. The van der Waals surface area contributed by atoms with Gasteiger partial charge < -0.3 is 14.3 Å². The lowest BCUT2D eigenvalue weighted by atomic mass is 10.2. The highest BCUT2D eigenvalue weighted by Gasteiger charge is 2.14. The van der Waals surface area contributed by atoms with Gasteiger partial charge in [-0.1, -0.05) is 17.0 Å². The number of para-hydroxylation sites is 1. The number of hydrogen-bond acceptors (Lipinski definition) is 6. The van der Waals surface area contributed by atoms with Gasteiger partial charge >= 0.3 is 5.97 Å². The summed E-state index contributed by atoms with van der Waals surface area (Å²) in [6.07, 6.45) is 0. The third-order valence-corrected chi connectivity index (χ3v) is 3.08. The van der Waals surface area contributed by atoms with E-state index in [9.17, 15) is 4.79 Å². The molecule has 0 atom stereocenters. The maximum absolute atomic E-state index is 12.3. The van der Waals surface area contributed by atoms with Gasteiger partial charge in [0, 0.05) is 6.07 Å². The van der Waals surface area contributed by atoms with E-state index in [0.29, 0.717) is 22.5 Å². The molecular weight excluding hydrogens is 286 g/mol. The van der Waals surface area contributed by atoms with Gasteiger partial charge in [0.15, 0.2) is 0 Å². The SMILES string of the molecule is COc1cc(OC)cc(C(=O)On2nnc3ccccc32)c1. The molecular formula is C15H13N3O4. The first-order valence-corrected chi connectivity index (χ1v) is 6.47. The number of aromatic nitrogens is 3. The van der Waals surface area contributed by atoms with E-state index in [2.05, 4.69) is 10.3 Å². The average molecular weight is 299 g/mol. The molecule has 0 bridgehead atoms. The van der Waals surface area contributed by atoms with Crippen LogP contribution in [0, 0.1) is 0 Å². The van der Waals surface area contributed by atoms with Crippen molar-refractivity contribution in [3.63, 3.8) is 0 Å². The Morgan fingerprint density at radius 1 is 1.05 bits per heavy atom. The Balaban J connectivity index is 1.91. The number of nitrogens with zero attached hydrogens (tertiary/aromatic N) is 3. The number of benzene rings is 2. The Morgan fingerprint density at radius 2 is 1.73 bits per heavy atom. The molecule has 0 aliphatic heterocycles. The zero-order chi connectivity index (χ0) is 15.5. The minimum Gasteiger partial charge on any atom is -0.497 e. The first-order chi connectivity index (χ1) is 10.7. The third kappa shape index (κ3) is 2.56. The van der Waals surface area contributed by atoms with E-state index < -0.39 is 5.97 Å². The highest BCUT2D eigenvalue weighted by atomic mass is 16.7. The summed E-state index contributed by atoms with van der Waals surface area (Å²) in [6.45, 7) is 0. The number of carbonyl (C=O) groups excluding carboxylic acids is 1. The zero-order valence-corrected chi connectivity index (χ0v) is 12.0. The molecule has 0 radical (unpaired) electrons. The number of fused-ring (bicyclic) bond motifs is 1. The predicted molar refractivity (Wildman–Crippen MR) is 78.0 cm³/mol. The van der Waals surface area contributed by atoms with Crippen LogP contribution in [0.5, 0.6) is 11.5 Å². The maximum Gasteiger partial charge on any atom is 0.366 e. The van der Waals surface area contributed by atoms with Crippen LogP contribution in [0.4, 0.5) is 0 Å². The molecule has 0 aliphatic rings. The summed E-state index contributed by atoms with van der Waals surface area (Å²) in [5.74, 6) is 0.400. The fourth-order valence-corrected chi connectivity index (χ4v) is 1.97. The maximum atomic E-state index is 12.3. The van der Waals surface area contributed by atoms with Crippen molar-refractivity contribution in [3.05, 3.63) is 48.0 Å². The molecule has 3 aromatic rings. The number of methoxy groups -OCH3 is 2. The number of carbonyl (C=O) groups is 1. The Hall–Kier alpha value is -3.09. The van der Waals surface area contributed by atoms with Crippen molar-refractivity contribution in [1.29, 1.82) is 0 Å². The van der Waals surface area contributed by atoms with Crippen LogP contribution < -0.4 is 14.3 Å². The molecule has 3 rings (SSSR count). The van der Waals surface area contributed by atoms with Gasteiger partial charge in [0.1, 0.15) is 22.5 Å². The molecule has 22 heavy (non-hydrogen) atoms. The van der Waals surface area contributed by atoms with E-state index >= 15 is 0 Å². The standard InChI is InChI=1S/C15H13N3O4/c1-20-11-7-10(8-12(9-11)21-2)15(19)22-18-14-6-4-3-5-13(14)16-17-18/h3-9H,1-2H3. The summed E-state index contributed by atoms with van der Waals surface area (Å²) >= 11 is 0. The van der Waals surface area contributed by atoms with Crippen molar-refractivity contribution in [1.82, 2.24) is 15.2 Å². The number of hydrogen-bond donors (Lipinski definition) is 0. The fraction of sp³-hybridized carbons (Fsp3) is 0.133. The van der Waals surface area contributed by atoms with E-state index in [-0.39, 0.29) is 5.56 Å². The normalized spacial score (nSPS) is 10.5. The van der Waals surface area contributed by atoms with Crippen LogP contribution in [-0.2, 0) is 0 Å². The molecule has 1 aromatic heterocycles. The monoisotopic (exact) mass is 299 g/mol. The fourth-order valence-electron chi connectivity index (χ4n) is 1.97.